The van der Waals surface area contributed by atoms with E-state index >= 15 is 0 Å². The van der Waals surface area contributed by atoms with E-state index in [2.05, 4.69) is 17.2 Å². The van der Waals surface area contributed by atoms with Crippen LogP contribution in [0.3, 0.4) is 0 Å². The van der Waals surface area contributed by atoms with Crippen LogP contribution in [0.4, 0.5) is 4.79 Å². The molecular weight excluding hydrogens is 462 g/mol. The molecule has 0 aromatic heterocycles. The molecule has 1 aromatic rings. The summed E-state index contributed by atoms with van der Waals surface area (Å²) in [5, 5.41) is 5.75. The first-order chi connectivity index (χ1) is 16.1. The molecule has 0 saturated heterocycles. The molecule has 196 valence electrons. The minimum Gasteiger partial charge on any atom is -0.444 e. The van der Waals surface area contributed by atoms with Crippen molar-refractivity contribution in [2.75, 3.05) is 18.6 Å². The maximum atomic E-state index is 13.9. The third-order valence-electron chi connectivity index (χ3n) is 5.11. The van der Waals surface area contributed by atoms with Gasteiger partial charge in [-0.1, -0.05) is 24.3 Å². The summed E-state index contributed by atoms with van der Waals surface area (Å²) in [6, 6.07) is 4.01. The fourth-order valence-corrected chi connectivity index (χ4v) is 3.92. The molecule has 0 spiro atoms. The predicted molar refractivity (Wildman–Crippen MR) is 145 cm³/mol. The summed E-state index contributed by atoms with van der Waals surface area (Å²) in [6.45, 7) is 18.9. The van der Waals surface area contributed by atoms with Crippen LogP contribution < -0.4 is 10.6 Å². The third-order valence-corrected chi connectivity index (χ3v) is 5.76. The van der Waals surface area contributed by atoms with E-state index in [1.807, 2.05) is 59.1 Å². The zero-order valence-electron chi connectivity index (χ0n) is 22.8. The van der Waals surface area contributed by atoms with Gasteiger partial charge in [-0.05, 0) is 90.5 Å². The lowest BCUT2D eigenvalue weighted by atomic mass is 9.97. The van der Waals surface area contributed by atoms with Gasteiger partial charge in [0.15, 0.2) is 0 Å². The number of nitrogens with zero attached hydrogens (tertiary/aromatic N) is 1. The van der Waals surface area contributed by atoms with Gasteiger partial charge in [-0.3, -0.25) is 9.59 Å². The topological polar surface area (TPSA) is 87.7 Å². The Bertz CT molecular complexity index is 903. The normalized spacial score (nSPS) is 13.4. The van der Waals surface area contributed by atoms with Gasteiger partial charge in [0.05, 0.1) is 0 Å². The van der Waals surface area contributed by atoms with Gasteiger partial charge in [-0.25, -0.2) is 4.79 Å². The minimum absolute atomic E-state index is 0.139. The Labute approximate surface area is 215 Å². The van der Waals surface area contributed by atoms with Crippen molar-refractivity contribution in [2.45, 2.75) is 85.0 Å². The van der Waals surface area contributed by atoms with Gasteiger partial charge in [-0.2, -0.15) is 11.8 Å². The summed E-state index contributed by atoms with van der Waals surface area (Å²) < 4.78 is 5.40. The van der Waals surface area contributed by atoms with Crippen LogP contribution in [0.1, 0.15) is 70.7 Å². The van der Waals surface area contributed by atoms with Crippen LogP contribution in [0, 0.1) is 13.8 Å². The van der Waals surface area contributed by atoms with Crippen molar-refractivity contribution in [3.63, 3.8) is 0 Å². The molecule has 3 amide bonds. The molecule has 0 heterocycles. The van der Waals surface area contributed by atoms with Crippen LogP contribution in [0.15, 0.2) is 30.9 Å². The molecule has 0 fully saturated rings. The highest BCUT2D eigenvalue weighted by molar-refractivity contribution is 7.98. The lowest BCUT2D eigenvalue weighted by Crippen LogP contribution is -2.54. The molecule has 0 radical (unpaired) electrons. The van der Waals surface area contributed by atoms with Gasteiger partial charge >= 0.3 is 6.09 Å². The quantitative estimate of drug-likeness (QED) is 0.441. The molecule has 2 atom stereocenters. The summed E-state index contributed by atoms with van der Waals surface area (Å²) in [6.07, 6.45) is 3.26. The number of ether oxygens (including phenoxy) is 1. The summed E-state index contributed by atoms with van der Waals surface area (Å²) >= 11 is 1.57. The molecule has 1 aromatic carbocycles. The number of carbonyl (C=O) groups is 3. The summed E-state index contributed by atoms with van der Waals surface area (Å²) in [4.78, 5) is 41.5. The smallest absolute Gasteiger partial charge is 0.408 e. The Morgan fingerprint density at radius 3 is 2.23 bits per heavy atom. The number of amides is 3. The van der Waals surface area contributed by atoms with Crippen molar-refractivity contribution in [2.24, 2.45) is 0 Å². The zero-order chi connectivity index (χ0) is 27.0. The second kappa shape index (κ2) is 13.0. The molecule has 0 bridgehead atoms. The van der Waals surface area contributed by atoms with E-state index in [9.17, 15) is 14.4 Å². The second-order valence-corrected chi connectivity index (χ2v) is 11.7. The van der Waals surface area contributed by atoms with Gasteiger partial charge in [-0.15, -0.1) is 6.58 Å². The number of nitrogens with one attached hydrogen (secondary N) is 2. The Hall–Kier alpha value is -2.48. The second-order valence-electron chi connectivity index (χ2n) is 10.7. The zero-order valence-corrected chi connectivity index (χ0v) is 23.6. The van der Waals surface area contributed by atoms with Crippen LogP contribution in [0.25, 0.3) is 0 Å². The van der Waals surface area contributed by atoms with E-state index in [0.29, 0.717) is 17.7 Å². The highest BCUT2D eigenvalue weighted by Gasteiger charge is 2.36. The van der Waals surface area contributed by atoms with Crippen molar-refractivity contribution in [1.82, 2.24) is 15.5 Å². The predicted octanol–water partition coefficient (Wildman–Crippen LogP) is 4.92. The first kappa shape index (κ1) is 30.6. The summed E-state index contributed by atoms with van der Waals surface area (Å²) in [5.41, 5.74) is 1.62. The molecule has 0 saturated carbocycles. The van der Waals surface area contributed by atoms with E-state index in [-0.39, 0.29) is 18.4 Å². The van der Waals surface area contributed by atoms with E-state index < -0.39 is 29.3 Å². The van der Waals surface area contributed by atoms with Gasteiger partial charge in [0.2, 0.25) is 11.8 Å². The lowest BCUT2D eigenvalue weighted by Gasteiger charge is -2.35. The van der Waals surface area contributed by atoms with Crippen LogP contribution in [-0.4, -0.2) is 58.5 Å². The molecule has 1 rings (SSSR count). The Morgan fingerprint density at radius 1 is 1.11 bits per heavy atom. The van der Waals surface area contributed by atoms with E-state index in [1.54, 1.807) is 38.6 Å². The summed E-state index contributed by atoms with van der Waals surface area (Å²) in [7, 11) is 0. The maximum Gasteiger partial charge on any atom is 0.408 e. The van der Waals surface area contributed by atoms with Crippen LogP contribution in [0.5, 0.6) is 0 Å². The number of alkyl carbamates (subject to hydrolysis) is 1. The van der Waals surface area contributed by atoms with Crippen molar-refractivity contribution in [3.8, 4) is 0 Å². The number of thioether (sulfide) groups is 1. The van der Waals surface area contributed by atoms with Crippen LogP contribution in [-0.2, 0) is 14.3 Å². The van der Waals surface area contributed by atoms with Crippen LogP contribution in [0.2, 0.25) is 0 Å². The van der Waals surface area contributed by atoms with Crippen molar-refractivity contribution >= 4 is 29.7 Å². The van der Waals surface area contributed by atoms with Crippen molar-refractivity contribution in [1.29, 1.82) is 0 Å². The van der Waals surface area contributed by atoms with Gasteiger partial charge in [0, 0.05) is 12.1 Å². The highest BCUT2D eigenvalue weighted by Crippen LogP contribution is 2.26. The van der Waals surface area contributed by atoms with Crippen molar-refractivity contribution in [3.05, 3.63) is 47.5 Å². The first-order valence-electron chi connectivity index (χ1n) is 11.9. The number of aryl methyl sites for hydroxylation is 2. The SMILES string of the molecule is C=CCN(C(=O)C(CCSC)NC(=O)OC(C)(C)C)C(C(=O)NC(C)(C)C)c1ccc(C)c(C)c1. The number of hydrogen-bond acceptors (Lipinski definition) is 5. The molecule has 2 unspecified atom stereocenters. The van der Waals surface area contributed by atoms with E-state index in [0.717, 1.165) is 11.1 Å². The molecule has 7 nitrogen and oxygen atoms in total. The van der Waals surface area contributed by atoms with E-state index in [4.69, 9.17) is 4.74 Å². The number of hydrogen-bond donors (Lipinski definition) is 2. The third kappa shape index (κ3) is 10.3. The standard InChI is InChI=1S/C27H43N3O4S/c1-11-15-30(24(32)21(14-16-35-10)28-25(33)34-27(7,8)9)22(23(31)29-26(4,5)6)20-13-12-18(2)19(3)17-20/h11-13,17,21-22H,1,14-16H2,2-10H3,(H,28,33)(H,29,31). The number of rotatable bonds is 10. The van der Waals surface area contributed by atoms with Gasteiger partial charge in [0.25, 0.3) is 0 Å². The Balaban J connectivity index is 3.49. The van der Waals surface area contributed by atoms with Crippen LogP contribution >= 0.6 is 11.8 Å². The fraction of sp³-hybridized carbons (Fsp3) is 0.593. The minimum atomic E-state index is -0.892. The molecule has 0 aliphatic carbocycles. The monoisotopic (exact) mass is 505 g/mol. The molecule has 0 aliphatic rings. The molecule has 2 N–H and O–H groups in total. The first-order valence-corrected chi connectivity index (χ1v) is 13.3. The number of benzene rings is 1. The van der Waals surface area contributed by atoms with Gasteiger partial charge in [0.1, 0.15) is 17.7 Å². The average Bonchev–Trinajstić information content (AvgIpc) is 2.70. The van der Waals surface area contributed by atoms with E-state index in [1.165, 1.54) is 4.90 Å². The highest BCUT2D eigenvalue weighted by atomic mass is 32.2. The molecular formula is C27H43N3O4S. The maximum absolute atomic E-state index is 13.9. The Morgan fingerprint density at radius 2 is 1.74 bits per heavy atom. The summed E-state index contributed by atoms with van der Waals surface area (Å²) in [5.74, 6) is -0.00896. The molecule has 35 heavy (non-hydrogen) atoms. The molecule has 0 aliphatic heterocycles. The fourth-order valence-electron chi connectivity index (χ4n) is 3.45. The van der Waals surface area contributed by atoms with Crippen molar-refractivity contribution < 1.29 is 19.1 Å². The van der Waals surface area contributed by atoms with Gasteiger partial charge < -0.3 is 20.3 Å². The Kier molecular flexibility index (Phi) is 11.3. The lowest BCUT2D eigenvalue weighted by molar-refractivity contribution is -0.142. The average molecular weight is 506 g/mol. The number of carbonyl (C=O) groups excluding carboxylic acids is 3. The molecule has 8 heteroatoms. The largest absolute Gasteiger partial charge is 0.444 e.